The molecule has 0 bridgehead atoms. The molecule has 0 aliphatic rings. The van der Waals surface area contributed by atoms with E-state index in [9.17, 15) is 10.2 Å². The largest absolute Gasteiger partial charge is 0.392 e. The van der Waals surface area contributed by atoms with Crippen molar-refractivity contribution in [3.05, 3.63) is 28.2 Å². The van der Waals surface area contributed by atoms with Gasteiger partial charge in [-0.25, -0.2) is 0 Å². The molecule has 0 aliphatic carbocycles. The van der Waals surface area contributed by atoms with Crippen LogP contribution in [-0.4, -0.2) is 35.5 Å². The van der Waals surface area contributed by atoms with Crippen molar-refractivity contribution in [1.29, 1.82) is 0 Å². The van der Waals surface area contributed by atoms with Crippen LogP contribution < -0.4 is 4.90 Å². The number of aryl methyl sites for hydroxylation is 1. The lowest BCUT2D eigenvalue weighted by molar-refractivity contribution is 0.178. The summed E-state index contributed by atoms with van der Waals surface area (Å²) in [5.41, 5.74) is 2.18. The number of rotatable bonds is 5. The molecular weight excluding hydrogens is 282 g/mol. The number of halogens is 1. The Morgan fingerprint density at radius 3 is 2.12 bits per heavy atom. The van der Waals surface area contributed by atoms with Crippen LogP contribution in [0, 0.1) is 6.92 Å². The Morgan fingerprint density at radius 1 is 1.18 bits per heavy atom. The van der Waals surface area contributed by atoms with Gasteiger partial charge in [0, 0.05) is 23.2 Å². The van der Waals surface area contributed by atoms with E-state index in [-0.39, 0.29) is 0 Å². The minimum atomic E-state index is -0.420. The Hall–Kier alpha value is -0.580. The van der Waals surface area contributed by atoms with Gasteiger partial charge in [-0.2, -0.15) is 0 Å². The second-order valence-electron chi connectivity index (χ2n) is 4.53. The van der Waals surface area contributed by atoms with Crippen LogP contribution in [0.3, 0.4) is 0 Å². The highest BCUT2D eigenvalue weighted by atomic mass is 79.9. The van der Waals surface area contributed by atoms with Gasteiger partial charge < -0.3 is 15.1 Å². The van der Waals surface area contributed by atoms with Crippen molar-refractivity contribution < 1.29 is 10.2 Å². The standard InChI is InChI=1S/C13H20BrNO2/c1-9-6-12(14)4-5-13(9)15(7-10(2)16)8-11(3)17/h4-6,10-11,16-17H,7-8H2,1-3H3. The zero-order chi connectivity index (χ0) is 13.0. The lowest BCUT2D eigenvalue weighted by Gasteiger charge is -2.29. The summed E-state index contributed by atoms with van der Waals surface area (Å²) in [5, 5.41) is 19.0. The van der Waals surface area contributed by atoms with Crippen molar-refractivity contribution in [3.63, 3.8) is 0 Å². The van der Waals surface area contributed by atoms with Gasteiger partial charge in [-0.05, 0) is 44.5 Å². The van der Waals surface area contributed by atoms with Gasteiger partial charge >= 0.3 is 0 Å². The first-order valence-corrected chi connectivity index (χ1v) is 6.56. The molecule has 0 spiro atoms. The van der Waals surface area contributed by atoms with E-state index >= 15 is 0 Å². The van der Waals surface area contributed by atoms with Crippen LogP contribution in [0.15, 0.2) is 22.7 Å². The Labute approximate surface area is 111 Å². The lowest BCUT2D eigenvalue weighted by Crippen LogP contribution is -2.36. The van der Waals surface area contributed by atoms with Crippen LogP contribution in [0.25, 0.3) is 0 Å². The average molecular weight is 302 g/mol. The van der Waals surface area contributed by atoms with Crippen LogP contribution in [-0.2, 0) is 0 Å². The molecule has 1 aromatic rings. The predicted molar refractivity (Wildman–Crippen MR) is 74.5 cm³/mol. The molecule has 2 N–H and O–H groups in total. The third-order valence-corrected chi connectivity index (χ3v) is 2.96. The van der Waals surface area contributed by atoms with E-state index in [1.54, 1.807) is 13.8 Å². The molecule has 0 saturated heterocycles. The molecule has 3 nitrogen and oxygen atoms in total. The van der Waals surface area contributed by atoms with Gasteiger partial charge in [0.15, 0.2) is 0 Å². The fourth-order valence-electron chi connectivity index (χ4n) is 1.88. The van der Waals surface area contributed by atoms with E-state index in [1.165, 1.54) is 0 Å². The Morgan fingerprint density at radius 2 is 1.71 bits per heavy atom. The summed E-state index contributed by atoms with van der Waals surface area (Å²) in [6.45, 7) is 6.57. The van der Waals surface area contributed by atoms with Crippen molar-refractivity contribution in [3.8, 4) is 0 Å². The maximum Gasteiger partial charge on any atom is 0.0687 e. The minimum absolute atomic E-state index is 0.420. The highest BCUT2D eigenvalue weighted by molar-refractivity contribution is 9.10. The van der Waals surface area contributed by atoms with Crippen LogP contribution >= 0.6 is 15.9 Å². The number of nitrogens with zero attached hydrogens (tertiary/aromatic N) is 1. The third kappa shape index (κ3) is 4.66. The monoisotopic (exact) mass is 301 g/mol. The molecule has 0 heterocycles. The summed E-state index contributed by atoms with van der Waals surface area (Å²) in [6.07, 6.45) is -0.839. The van der Waals surface area contributed by atoms with Gasteiger partial charge in [0.1, 0.15) is 0 Å². The van der Waals surface area contributed by atoms with E-state index in [1.807, 2.05) is 30.0 Å². The molecule has 0 fully saturated rings. The highest BCUT2D eigenvalue weighted by Crippen LogP contribution is 2.24. The van der Waals surface area contributed by atoms with Crippen LogP contribution in [0.5, 0.6) is 0 Å². The fraction of sp³-hybridized carbons (Fsp3) is 0.538. The summed E-state index contributed by atoms with van der Waals surface area (Å²) in [5.74, 6) is 0. The third-order valence-electron chi connectivity index (χ3n) is 2.47. The Bertz CT molecular complexity index is 356. The quantitative estimate of drug-likeness (QED) is 0.877. The highest BCUT2D eigenvalue weighted by Gasteiger charge is 2.13. The molecule has 17 heavy (non-hydrogen) atoms. The zero-order valence-corrected chi connectivity index (χ0v) is 12.1. The number of anilines is 1. The topological polar surface area (TPSA) is 43.7 Å². The molecule has 2 unspecified atom stereocenters. The molecule has 0 amide bonds. The summed E-state index contributed by atoms with van der Waals surface area (Å²) in [6, 6.07) is 6.01. The van der Waals surface area contributed by atoms with E-state index in [2.05, 4.69) is 15.9 Å². The van der Waals surface area contributed by atoms with E-state index < -0.39 is 12.2 Å². The summed E-state index contributed by atoms with van der Waals surface area (Å²) in [7, 11) is 0. The molecule has 96 valence electrons. The minimum Gasteiger partial charge on any atom is -0.392 e. The number of hydrogen-bond acceptors (Lipinski definition) is 3. The first-order chi connectivity index (χ1) is 7.90. The first-order valence-electron chi connectivity index (χ1n) is 5.77. The van der Waals surface area contributed by atoms with Crippen LogP contribution in [0.2, 0.25) is 0 Å². The normalized spacial score (nSPS) is 14.5. The van der Waals surface area contributed by atoms with Crippen molar-refractivity contribution in [2.75, 3.05) is 18.0 Å². The van der Waals surface area contributed by atoms with Crippen molar-refractivity contribution >= 4 is 21.6 Å². The van der Waals surface area contributed by atoms with E-state index in [0.717, 1.165) is 15.7 Å². The van der Waals surface area contributed by atoms with Crippen molar-refractivity contribution in [2.24, 2.45) is 0 Å². The van der Waals surface area contributed by atoms with Crippen LogP contribution in [0.4, 0.5) is 5.69 Å². The number of hydrogen-bond donors (Lipinski definition) is 2. The molecule has 0 saturated carbocycles. The first kappa shape index (κ1) is 14.5. The van der Waals surface area contributed by atoms with E-state index in [4.69, 9.17) is 0 Å². The average Bonchev–Trinajstić information content (AvgIpc) is 2.14. The molecule has 1 aromatic carbocycles. The second kappa shape index (κ2) is 6.38. The predicted octanol–water partition coefficient (Wildman–Crippen LogP) is 2.33. The summed E-state index contributed by atoms with van der Waals surface area (Å²) in [4.78, 5) is 2.01. The van der Waals surface area contributed by atoms with Crippen molar-refractivity contribution in [1.82, 2.24) is 0 Å². The van der Waals surface area contributed by atoms with Gasteiger partial charge in [0.05, 0.1) is 12.2 Å². The van der Waals surface area contributed by atoms with E-state index in [0.29, 0.717) is 13.1 Å². The van der Waals surface area contributed by atoms with Crippen LogP contribution in [0.1, 0.15) is 19.4 Å². The van der Waals surface area contributed by atoms with Gasteiger partial charge in [-0.15, -0.1) is 0 Å². The number of benzene rings is 1. The summed E-state index contributed by atoms with van der Waals surface area (Å²) >= 11 is 3.43. The van der Waals surface area contributed by atoms with Crippen molar-refractivity contribution in [2.45, 2.75) is 33.0 Å². The molecule has 2 atom stereocenters. The van der Waals surface area contributed by atoms with Gasteiger partial charge in [0.25, 0.3) is 0 Å². The maximum atomic E-state index is 9.51. The molecule has 4 heteroatoms. The molecular formula is C13H20BrNO2. The molecule has 1 rings (SSSR count). The molecule has 0 aromatic heterocycles. The zero-order valence-electron chi connectivity index (χ0n) is 10.5. The smallest absolute Gasteiger partial charge is 0.0687 e. The van der Waals surface area contributed by atoms with Gasteiger partial charge in [0.2, 0.25) is 0 Å². The van der Waals surface area contributed by atoms with Gasteiger partial charge in [-0.1, -0.05) is 15.9 Å². The van der Waals surface area contributed by atoms with Gasteiger partial charge in [-0.3, -0.25) is 0 Å². The fourth-order valence-corrected chi connectivity index (χ4v) is 2.36. The Balaban J connectivity index is 2.95. The number of aliphatic hydroxyl groups excluding tert-OH is 2. The lowest BCUT2D eigenvalue weighted by atomic mass is 10.1. The SMILES string of the molecule is Cc1cc(Br)ccc1N(CC(C)O)CC(C)O. The maximum absolute atomic E-state index is 9.51. The summed E-state index contributed by atoms with van der Waals surface area (Å²) < 4.78 is 1.03. The number of aliphatic hydroxyl groups is 2. The molecule has 0 radical (unpaired) electrons. The molecule has 0 aliphatic heterocycles. The Kier molecular flexibility index (Phi) is 5.43. The second-order valence-corrected chi connectivity index (χ2v) is 5.45.